The lowest BCUT2D eigenvalue weighted by atomic mass is 10.1. The van der Waals surface area contributed by atoms with E-state index in [1.165, 1.54) is 0 Å². The smallest absolute Gasteiger partial charge is 0.161 e. The molecule has 5 heteroatoms. The van der Waals surface area contributed by atoms with Crippen molar-refractivity contribution < 1.29 is 4.74 Å². The van der Waals surface area contributed by atoms with Crippen LogP contribution < -0.4 is 0 Å². The highest BCUT2D eigenvalue weighted by molar-refractivity contribution is 6.30. The van der Waals surface area contributed by atoms with E-state index >= 15 is 0 Å². The first-order chi connectivity index (χ1) is 8.60. The van der Waals surface area contributed by atoms with Crippen molar-refractivity contribution in [2.75, 3.05) is 7.11 Å². The second-order valence-electron chi connectivity index (χ2n) is 3.90. The van der Waals surface area contributed by atoms with Gasteiger partial charge in [0, 0.05) is 17.7 Å². The molecule has 2 aromatic rings. The molecule has 0 aliphatic heterocycles. The molecule has 0 aliphatic carbocycles. The Morgan fingerprint density at radius 1 is 1.17 bits per heavy atom. The van der Waals surface area contributed by atoms with Crippen LogP contribution in [0, 0.1) is 6.92 Å². The molecule has 0 saturated heterocycles. The van der Waals surface area contributed by atoms with Gasteiger partial charge in [-0.25, -0.2) is 9.97 Å². The van der Waals surface area contributed by atoms with Gasteiger partial charge in [-0.1, -0.05) is 23.2 Å². The number of ether oxygens (including phenoxy) is 1. The zero-order valence-electron chi connectivity index (χ0n) is 10.1. The number of aryl methyl sites for hydroxylation is 1. The van der Waals surface area contributed by atoms with Gasteiger partial charge < -0.3 is 4.74 Å². The Hall–Kier alpha value is -1.16. The molecule has 1 heterocycles. The van der Waals surface area contributed by atoms with Gasteiger partial charge in [-0.15, -0.1) is 0 Å². The fourth-order valence-corrected chi connectivity index (χ4v) is 2.12. The van der Waals surface area contributed by atoms with Crippen molar-refractivity contribution in [3.05, 3.63) is 45.7 Å². The fourth-order valence-electron chi connectivity index (χ4n) is 1.68. The van der Waals surface area contributed by atoms with E-state index in [4.69, 9.17) is 27.9 Å². The Morgan fingerprint density at radius 3 is 2.61 bits per heavy atom. The lowest BCUT2D eigenvalue weighted by Gasteiger charge is -2.07. The maximum atomic E-state index is 5.99. The van der Waals surface area contributed by atoms with Crippen LogP contribution in [-0.2, 0) is 11.3 Å². The summed E-state index contributed by atoms with van der Waals surface area (Å²) < 4.78 is 5.05. The third-order valence-corrected chi connectivity index (χ3v) is 2.90. The van der Waals surface area contributed by atoms with Crippen LogP contribution in [-0.4, -0.2) is 17.1 Å². The second kappa shape index (κ2) is 5.65. The lowest BCUT2D eigenvalue weighted by Crippen LogP contribution is -1.98. The topological polar surface area (TPSA) is 35.0 Å². The van der Waals surface area contributed by atoms with Crippen molar-refractivity contribution in [3.63, 3.8) is 0 Å². The van der Waals surface area contributed by atoms with Crippen LogP contribution in [0.4, 0.5) is 0 Å². The van der Waals surface area contributed by atoms with Crippen molar-refractivity contribution in [1.82, 2.24) is 9.97 Å². The van der Waals surface area contributed by atoms with Crippen LogP contribution in [0.1, 0.15) is 11.3 Å². The number of aromatic nitrogens is 2. The van der Waals surface area contributed by atoms with Crippen LogP contribution in [0.15, 0.2) is 24.3 Å². The first kappa shape index (κ1) is 13.3. The standard InChI is InChI=1S/C13H12Cl2N2O/c1-8-5-9(14)3-4-11(8)13-16-10(7-18-2)6-12(15)17-13/h3-6H,7H2,1-2H3. The second-order valence-corrected chi connectivity index (χ2v) is 4.72. The quantitative estimate of drug-likeness (QED) is 0.801. The Labute approximate surface area is 116 Å². The number of hydrogen-bond acceptors (Lipinski definition) is 3. The summed E-state index contributed by atoms with van der Waals surface area (Å²) >= 11 is 11.9. The monoisotopic (exact) mass is 282 g/mol. The molecule has 1 aromatic carbocycles. The van der Waals surface area contributed by atoms with Crippen molar-refractivity contribution in [2.24, 2.45) is 0 Å². The number of nitrogens with zero attached hydrogens (tertiary/aromatic N) is 2. The molecule has 94 valence electrons. The van der Waals surface area contributed by atoms with Gasteiger partial charge in [0.1, 0.15) is 5.15 Å². The first-order valence-electron chi connectivity index (χ1n) is 5.39. The Balaban J connectivity index is 2.49. The van der Waals surface area contributed by atoms with Gasteiger partial charge in [-0.3, -0.25) is 0 Å². The van der Waals surface area contributed by atoms with Gasteiger partial charge in [-0.2, -0.15) is 0 Å². The average molecular weight is 283 g/mol. The van der Waals surface area contributed by atoms with Gasteiger partial charge >= 0.3 is 0 Å². The third-order valence-electron chi connectivity index (χ3n) is 2.47. The summed E-state index contributed by atoms with van der Waals surface area (Å²) in [6, 6.07) is 7.26. The van der Waals surface area contributed by atoms with E-state index in [-0.39, 0.29) is 0 Å². The molecule has 3 nitrogen and oxygen atoms in total. The van der Waals surface area contributed by atoms with Crippen molar-refractivity contribution >= 4 is 23.2 Å². The predicted octanol–water partition coefficient (Wildman–Crippen LogP) is 3.91. The minimum Gasteiger partial charge on any atom is -0.378 e. The molecule has 0 fully saturated rings. The molecule has 0 amide bonds. The maximum Gasteiger partial charge on any atom is 0.161 e. The molecule has 0 spiro atoms. The highest BCUT2D eigenvalue weighted by Gasteiger charge is 2.08. The van der Waals surface area contributed by atoms with E-state index < -0.39 is 0 Å². The van der Waals surface area contributed by atoms with E-state index in [0.29, 0.717) is 22.6 Å². The van der Waals surface area contributed by atoms with Gasteiger partial charge in [0.05, 0.1) is 12.3 Å². The lowest BCUT2D eigenvalue weighted by molar-refractivity contribution is 0.181. The van der Waals surface area contributed by atoms with Crippen LogP contribution in [0.25, 0.3) is 11.4 Å². The summed E-state index contributed by atoms with van der Waals surface area (Å²) in [5.74, 6) is 0.587. The molecular formula is C13H12Cl2N2O. The van der Waals surface area contributed by atoms with Crippen LogP contribution in [0.3, 0.4) is 0 Å². The molecule has 0 radical (unpaired) electrons. The largest absolute Gasteiger partial charge is 0.378 e. The highest BCUT2D eigenvalue weighted by Crippen LogP contribution is 2.24. The number of halogens is 2. The van der Waals surface area contributed by atoms with Gasteiger partial charge in [0.15, 0.2) is 5.82 Å². The molecule has 0 bridgehead atoms. The fraction of sp³-hybridized carbons (Fsp3) is 0.231. The van der Waals surface area contributed by atoms with E-state index in [9.17, 15) is 0 Å². The Morgan fingerprint density at radius 2 is 1.94 bits per heavy atom. The van der Waals surface area contributed by atoms with Crippen LogP contribution >= 0.6 is 23.2 Å². The minimum atomic E-state index is 0.404. The summed E-state index contributed by atoms with van der Waals surface area (Å²) in [7, 11) is 1.61. The summed E-state index contributed by atoms with van der Waals surface area (Å²) in [5, 5.41) is 1.09. The summed E-state index contributed by atoms with van der Waals surface area (Å²) in [5.41, 5.74) is 2.68. The number of methoxy groups -OCH3 is 1. The highest BCUT2D eigenvalue weighted by atomic mass is 35.5. The van der Waals surface area contributed by atoms with Gasteiger partial charge in [-0.05, 0) is 36.8 Å². The predicted molar refractivity (Wildman–Crippen MR) is 72.9 cm³/mol. The molecule has 1 aromatic heterocycles. The first-order valence-corrected chi connectivity index (χ1v) is 6.14. The molecule has 18 heavy (non-hydrogen) atoms. The SMILES string of the molecule is COCc1cc(Cl)nc(-c2ccc(Cl)cc2C)n1. The molecule has 2 rings (SSSR count). The number of hydrogen-bond donors (Lipinski definition) is 0. The van der Waals surface area contributed by atoms with Gasteiger partial charge in [0.25, 0.3) is 0 Å². The molecular weight excluding hydrogens is 271 g/mol. The average Bonchev–Trinajstić information content (AvgIpc) is 2.28. The normalized spacial score (nSPS) is 10.7. The molecule has 0 saturated carbocycles. The number of rotatable bonds is 3. The minimum absolute atomic E-state index is 0.404. The molecule has 0 atom stereocenters. The van der Waals surface area contributed by atoms with E-state index in [2.05, 4.69) is 9.97 Å². The van der Waals surface area contributed by atoms with E-state index in [1.807, 2.05) is 25.1 Å². The summed E-state index contributed by atoms with van der Waals surface area (Å²) in [6.07, 6.45) is 0. The van der Waals surface area contributed by atoms with E-state index in [0.717, 1.165) is 16.8 Å². The molecule has 0 aliphatic rings. The zero-order valence-corrected chi connectivity index (χ0v) is 11.6. The molecule has 0 N–H and O–H groups in total. The van der Waals surface area contributed by atoms with Crippen LogP contribution in [0.2, 0.25) is 10.2 Å². The molecule has 0 unspecified atom stereocenters. The van der Waals surface area contributed by atoms with Crippen molar-refractivity contribution in [3.8, 4) is 11.4 Å². The van der Waals surface area contributed by atoms with Crippen molar-refractivity contribution in [2.45, 2.75) is 13.5 Å². The summed E-state index contributed by atoms with van der Waals surface area (Å²) in [6.45, 7) is 2.36. The number of benzene rings is 1. The Bertz CT molecular complexity index is 573. The Kier molecular flexibility index (Phi) is 4.17. The van der Waals surface area contributed by atoms with Crippen molar-refractivity contribution in [1.29, 1.82) is 0 Å². The maximum absolute atomic E-state index is 5.99. The summed E-state index contributed by atoms with van der Waals surface area (Å²) in [4.78, 5) is 8.65. The van der Waals surface area contributed by atoms with Gasteiger partial charge in [0.2, 0.25) is 0 Å². The van der Waals surface area contributed by atoms with E-state index in [1.54, 1.807) is 13.2 Å². The third kappa shape index (κ3) is 2.99. The zero-order chi connectivity index (χ0) is 13.1. The van der Waals surface area contributed by atoms with Crippen LogP contribution in [0.5, 0.6) is 0 Å².